The van der Waals surface area contributed by atoms with Gasteiger partial charge < -0.3 is 0 Å². The van der Waals surface area contributed by atoms with E-state index in [0.29, 0.717) is 11.6 Å². The Kier molecular flexibility index (Phi) is 3.51. The first-order valence-corrected chi connectivity index (χ1v) is 13.2. The molecule has 7 aliphatic rings. The Labute approximate surface area is 210 Å². The zero-order valence-corrected chi connectivity index (χ0v) is 19.7. The molecule has 7 aliphatic carbocycles. The average molecular weight is 465 g/mol. The summed E-state index contributed by atoms with van der Waals surface area (Å²) in [6.07, 6.45) is 0. The lowest BCUT2D eigenvalue weighted by atomic mass is 9.42. The molecule has 1 saturated carbocycles. The molecule has 4 bridgehead atoms. The largest absolute Gasteiger partial charge is 0.299 e. The number of ketones is 2. The fourth-order valence-corrected chi connectivity index (χ4v) is 9.17. The minimum atomic E-state index is -0.271. The molecule has 4 aromatic carbocycles. The maximum absolute atomic E-state index is 14.8. The molecule has 0 N–H and O–H groups in total. The summed E-state index contributed by atoms with van der Waals surface area (Å²) >= 11 is 0. The number of hydrogen-bond acceptors (Lipinski definition) is 2. The smallest absolute Gasteiger partial charge is 0.142 e. The Morgan fingerprint density at radius 3 is 0.639 bits per heavy atom. The first-order chi connectivity index (χ1) is 17.8. The quantitative estimate of drug-likeness (QED) is 0.311. The second-order valence-corrected chi connectivity index (χ2v) is 11.3. The lowest BCUT2D eigenvalue weighted by Gasteiger charge is -2.59. The van der Waals surface area contributed by atoms with Crippen LogP contribution in [0.1, 0.15) is 68.2 Å². The molecule has 0 aromatic heterocycles. The van der Waals surface area contributed by atoms with Crippen molar-refractivity contribution in [3.8, 4) is 0 Å². The van der Waals surface area contributed by atoms with E-state index in [0.717, 1.165) is 0 Å². The summed E-state index contributed by atoms with van der Waals surface area (Å²) < 4.78 is 0. The maximum Gasteiger partial charge on any atom is 0.142 e. The van der Waals surface area contributed by atoms with Crippen molar-refractivity contribution in [3.05, 3.63) is 142 Å². The average Bonchev–Trinajstić information content (AvgIpc) is 2.95. The molecular weight excluding hydrogens is 440 g/mol. The molecule has 0 heterocycles. The first-order valence-electron chi connectivity index (χ1n) is 13.2. The van der Waals surface area contributed by atoms with Crippen LogP contribution in [0.3, 0.4) is 0 Å². The molecule has 2 nitrogen and oxygen atoms in total. The van der Waals surface area contributed by atoms with Crippen LogP contribution in [0, 0.1) is 23.7 Å². The van der Waals surface area contributed by atoms with Crippen molar-refractivity contribution >= 4 is 11.6 Å². The topological polar surface area (TPSA) is 34.1 Å². The lowest BCUT2D eigenvalue weighted by Crippen LogP contribution is -2.60. The second kappa shape index (κ2) is 6.50. The Bertz CT molecular complexity index is 1310. The highest BCUT2D eigenvalue weighted by Gasteiger charge is 2.66. The second-order valence-electron chi connectivity index (χ2n) is 11.3. The summed E-state index contributed by atoms with van der Waals surface area (Å²) in [6.45, 7) is 0. The van der Waals surface area contributed by atoms with E-state index < -0.39 is 0 Å². The van der Waals surface area contributed by atoms with Gasteiger partial charge in [-0.3, -0.25) is 9.59 Å². The predicted molar refractivity (Wildman–Crippen MR) is 137 cm³/mol. The summed E-state index contributed by atoms with van der Waals surface area (Å²) in [5.41, 5.74) is 10.0. The van der Waals surface area contributed by atoms with Crippen LogP contribution in [0.5, 0.6) is 0 Å². The molecule has 0 spiro atoms. The van der Waals surface area contributed by atoms with Crippen molar-refractivity contribution in [1.29, 1.82) is 0 Å². The van der Waals surface area contributed by atoms with Gasteiger partial charge in [-0.25, -0.2) is 0 Å². The van der Waals surface area contributed by atoms with Crippen molar-refractivity contribution in [3.63, 3.8) is 0 Å². The Morgan fingerprint density at radius 1 is 0.306 bits per heavy atom. The van der Waals surface area contributed by atoms with E-state index >= 15 is 0 Å². The summed E-state index contributed by atoms with van der Waals surface area (Å²) in [7, 11) is 0. The van der Waals surface area contributed by atoms with E-state index in [4.69, 9.17) is 0 Å². The van der Waals surface area contributed by atoms with Crippen LogP contribution in [-0.4, -0.2) is 11.6 Å². The molecule has 0 unspecified atom stereocenters. The van der Waals surface area contributed by atoms with Crippen molar-refractivity contribution in [2.24, 2.45) is 23.7 Å². The first kappa shape index (κ1) is 19.4. The van der Waals surface area contributed by atoms with E-state index in [9.17, 15) is 9.59 Å². The van der Waals surface area contributed by atoms with Crippen molar-refractivity contribution in [2.45, 2.75) is 23.7 Å². The lowest BCUT2D eigenvalue weighted by molar-refractivity contribution is -0.152. The minimum absolute atomic E-state index is 0.0317. The molecular formula is C34H24O2. The zero-order valence-electron chi connectivity index (χ0n) is 19.7. The molecule has 0 saturated heterocycles. The van der Waals surface area contributed by atoms with E-state index in [1.165, 1.54) is 44.5 Å². The van der Waals surface area contributed by atoms with Crippen LogP contribution in [0.4, 0.5) is 0 Å². The fraction of sp³-hybridized carbons (Fsp3) is 0.235. The molecule has 0 amide bonds. The van der Waals surface area contributed by atoms with Gasteiger partial charge in [-0.1, -0.05) is 97.1 Å². The standard InChI is InChI=1S/C34H24O2/c35-33-29-25-17-9-1-2-10-18(17)26(20-12-4-3-11-19(20)25)30(29)34(36)32-28-23-15-7-5-13-21(23)27(31(32)33)22-14-6-8-16-24(22)28/h1-16,25-32H/t25?,26?,27?,28?,29-,30-,31+,32+. The van der Waals surface area contributed by atoms with Gasteiger partial charge in [0.05, 0.1) is 0 Å². The number of hydrogen-bond donors (Lipinski definition) is 0. The summed E-state index contributed by atoms with van der Waals surface area (Å²) in [4.78, 5) is 29.6. The third-order valence-corrected chi connectivity index (χ3v) is 10.2. The monoisotopic (exact) mass is 464 g/mol. The molecule has 0 radical (unpaired) electrons. The van der Waals surface area contributed by atoms with Gasteiger partial charge in [0, 0.05) is 47.3 Å². The van der Waals surface area contributed by atoms with E-state index in [1.807, 2.05) is 0 Å². The van der Waals surface area contributed by atoms with Crippen LogP contribution in [-0.2, 0) is 9.59 Å². The highest BCUT2D eigenvalue weighted by Crippen LogP contribution is 2.67. The third-order valence-electron chi connectivity index (χ3n) is 10.2. The highest BCUT2D eigenvalue weighted by atomic mass is 16.1. The van der Waals surface area contributed by atoms with Gasteiger partial charge in [0.15, 0.2) is 0 Å². The van der Waals surface area contributed by atoms with Crippen LogP contribution < -0.4 is 0 Å². The van der Waals surface area contributed by atoms with Crippen molar-refractivity contribution in [2.75, 3.05) is 0 Å². The van der Waals surface area contributed by atoms with E-state index in [-0.39, 0.29) is 47.3 Å². The van der Waals surface area contributed by atoms with Gasteiger partial charge >= 0.3 is 0 Å². The normalized spacial score (nSPS) is 33.7. The zero-order chi connectivity index (χ0) is 23.7. The number of carbonyl (C=O) groups excluding carboxylic acids is 2. The van der Waals surface area contributed by atoms with Crippen LogP contribution in [0.15, 0.2) is 97.1 Å². The molecule has 172 valence electrons. The summed E-state index contributed by atoms with van der Waals surface area (Å²) in [6, 6.07) is 34.3. The van der Waals surface area contributed by atoms with Crippen LogP contribution >= 0.6 is 0 Å². The molecule has 11 rings (SSSR count). The molecule has 4 aromatic rings. The number of rotatable bonds is 0. The fourth-order valence-electron chi connectivity index (χ4n) is 9.17. The Hall–Kier alpha value is -3.78. The molecule has 2 heteroatoms. The molecule has 1 fully saturated rings. The van der Waals surface area contributed by atoms with Crippen LogP contribution in [0.2, 0.25) is 0 Å². The SMILES string of the molecule is O=C1[C@@H]2C3c4ccccc4C(c4ccccc43)[C@H]2C(=O)[C@H]2C3c4ccccc4C(c4ccccc43)[C@H]12. The molecule has 0 aliphatic heterocycles. The van der Waals surface area contributed by atoms with Gasteiger partial charge in [0.1, 0.15) is 11.6 Å². The highest BCUT2D eigenvalue weighted by molar-refractivity contribution is 6.05. The number of benzene rings is 4. The minimum Gasteiger partial charge on any atom is -0.299 e. The van der Waals surface area contributed by atoms with E-state index in [2.05, 4.69) is 97.1 Å². The van der Waals surface area contributed by atoms with Gasteiger partial charge in [-0.2, -0.15) is 0 Å². The van der Waals surface area contributed by atoms with Crippen LogP contribution in [0.25, 0.3) is 0 Å². The van der Waals surface area contributed by atoms with E-state index in [1.54, 1.807) is 0 Å². The third kappa shape index (κ3) is 2.05. The summed E-state index contributed by atoms with van der Waals surface area (Å²) in [5.74, 6) is -0.568. The molecule has 36 heavy (non-hydrogen) atoms. The van der Waals surface area contributed by atoms with Crippen molar-refractivity contribution in [1.82, 2.24) is 0 Å². The molecule has 4 atom stereocenters. The maximum atomic E-state index is 14.8. The number of Topliss-reactive ketones (excluding diaryl/α,β-unsaturated/α-hetero) is 2. The predicted octanol–water partition coefficient (Wildman–Crippen LogP) is 6.19. The Morgan fingerprint density at radius 2 is 0.472 bits per heavy atom. The van der Waals surface area contributed by atoms with Gasteiger partial charge in [0.25, 0.3) is 0 Å². The van der Waals surface area contributed by atoms with Gasteiger partial charge in [0.2, 0.25) is 0 Å². The van der Waals surface area contributed by atoms with Crippen molar-refractivity contribution < 1.29 is 9.59 Å². The summed E-state index contributed by atoms with van der Waals surface area (Å²) in [5, 5.41) is 0. The number of carbonyl (C=O) groups is 2. The van der Waals surface area contributed by atoms with Gasteiger partial charge in [-0.05, 0) is 44.5 Å². The van der Waals surface area contributed by atoms with Gasteiger partial charge in [-0.15, -0.1) is 0 Å². The Balaban J connectivity index is 1.32.